The van der Waals surface area contributed by atoms with Crippen molar-refractivity contribution in [2.45, 2.75) is 285 Å². The van der Waals surface area contributed by atoms with Crippen LogP contribution in [0.5, 0.6) is 11.5 Å². The van der Waals surface area contributed by atoms with Crippen LogP contribution in [0.25, 0.3) is 0 Å². The van der Waals surface area contributed by atoms with Gasteiger partial charge < -0.3 is 74.9 Å². The van der Waals surface area contributed by atoms with E-state index >= 15 is 0 Å². The Kier molecular flexibility index (Phi) is 29.6. The molecule has 0 radical (unpaired) electrons. The minimum Gasteiger partial charge on any atom is -0.545 e. The molecular weight excluding hydrogens is 1230 g/mol. The molecule has 0 bridgehead atoms. The first-order chi connectivity index (χ1) is 39.3. The molecule has 0 aromatic heterocycles. The van der Waals surface area contributed by atoms with Crippen molar-refractivity contribution in [2.75, 3.05) is 0 Å². The first kappa shape index (κ1) is 77.8. The summed E-state index contributed by atoms with van der Waals surface area (Å²) in [7, 11) is 0. The van der Waals surface area contributed by atoms with Crippen molar-refractivity contribution in [1.29, 1.82) is 0 Å². The van der Waals surface area contributed by atoms with Crippen LogP contribution >= 0.6 is 0 Å². The van der Waals surface area contributed by atoms with Gasteiger partial charge in [0.05, 0.1) is 83.2 Å². The van der Waals surface area contributed by atoms with Gasteiger partial charge in [-0.1, -0.05) is 107 Å². The standard InChI is InChI=1S/2C34H54O8.Ba.H2O/c2*1-9-25(31-21(6)18-34(11-3,42-31)26-16-17-33(40,10-2)23(8)41-26)30(37)22(7)28(35)19(4)12-14-24-15-13-20(5)29(36)27(24)32(38)39;;/h2*13,15,19,21-23,25-26,28,31,35-36,40H,9-12,14,16-18H2,1-8H3,(H,38,39);;1H2/q;;+2;/p-2. The summed E-state index contributed by atoms with van der Waals surface area (Å²) in [6, 6.07) is 6.66. The maximum absolute atomic E-state index is 13.9. The third-order valence-electron chi connectivity index (χ3n) is 21.3. The van der Waals surface area contributed by atoms with Crippen molar-refractivity contribution in [3.63, 3.8) is 0 Å². The predicted molar refractivity (Wildman–Crippen MR) is 328 cm³/mol. The smallest absolute Gasteiger partial charge is 0.545 e. The molecule has 0 spiro atoms. The second kappa shape index (κ2) is 32.7. The summed E-state index contributed by atoms with van der Waals surface area (Å²) in [5, 5.41) is 88.1. The van der Waals surface area contributed by atoms with Crippen LogP contribution in [0.4, 0.5) is 0 Å². The molecule has 2 aromatic carbocycles. The quantitative estimate of drug-likeness (QED) is 0.0489. The van der Waals surface area contributed by atoms with Gasteiger partial charge in [-0.25, -0.2) is 0 Å². The number of aryl methyl sites for hydroxylation is 4. The second-order valence-corrected chi connectivity index (χ2v) is 26.4. The van der Waals surface area contributed by atoms with E-state index in [2.05, 4.69) is 27.7 Å². The molecule has 0 aliphatic carbocycles. The summed E-state index contributed by atoms with van der Waals surface area (Å²) in [6.45, 7) is 30.7. The van der Waals surface area contributed by atoms with Crippen LogP contribution < -0.4 is 10.2 Å². The average molecular weight is 1330 g/mol. The number of hydrogen-bond acceptors (Lipinski definition) is 16. The van der Waals surface area contributed by atoms with E-state index in [4.69, 9.17) is 18.9 Å². The Labute approximate surface area is 553 Å². The van der Waals surface area contributed by atoms with E-state index in [9.17, 15) is 60.0 Å². The van der Waals surface area contributed by atoms with Crippen LogP contribution in [-0.2, 0) is 41.4 Å². The minimum atomic E-state index is -1.43. The summed E-state index contributed by atoms with van der Waals surface area (Å²) in [5.74, 6) is -5.84. The first-order valence-electron chi connectivity index (χ1n) is 31.9. The van der Waals surface area contributed by atoms with E-state index in [0.717, 1.165) is 25.7 Å². The number of carbonyl (C=O) groups excluding carboxylic acids is 4. The van der Waals surface area contributed by atoms with E-state index in [-0.39, 0.29) is 161 Å². The van der Waals surface area contributed by atoms with Gasteiger partial charge in [-0.2, -0.15) is 0 Å². The summed E-state index contributed by atoms with van der Waals surface area (Å²) in [4.78, 5) is 51.1. The summed E-state index contributed by atoms with van der Waals surface area (Å²) in [6.07, 6.45) is 6.43. The van der Waals surface area contributed by atoms with Gasteiger partial charge in [0.25, 0.3) is 0 Å². The maximum atomic E-state index is 13.9. The number of benzene rings is 2. The molecule has 6 rings (SSSR count). The zero-order valence-corrected chi connectivity index (χ0v) is 59.3. The van der Waals surface area contributed by atoms with Crippen molar-refractivity contribution in [1.82, 2.24) is 0 Å². The van der Waals surface area contributed by atoms with Crippen molar-refractivity contribution >= 4 is 72.4 Å². The molecule has 20 atom stereocenters. The van der Waals surface area contributed by atoms with Gasteiger partial charge in [-0.3, -0.25) is 9.59 Å². The molecular formula is C68H108BaO17. The molecule has 20 unspecified atom stereocenters. The zero-order valence-electron chi connectivity index (χ0n) is 54.8. The zero-order chi connectivity index (χ0) is 63.1. The van der Waals surface area contributed by atoms with Crippen molar-refractivity contribution in [3.8, 4) is 11.5 Å². The number of aliphatic hydroxyl groups excluding tert-OH is 2. The monoisotopic (exact) mass is 1330 g/mol. The number of carboxylic acids is 2. The van der Waals surface area contributed by atoms with Gasteiger partial charge in [0.2, 0.25) is 0 Å². The normalized spacial score (nSPS) is 32.0. The maximum Gasteiger partial charge on any atom is 2.00 e. The van der Waals surface area contributed by atoms with E-state index in [1.54, 1.807) is 52.0 Å². The molecule has 18 heteroatoms. The molecule has 4 aliphatic heterocycles. The van der Waals surface area contributed by atoms with Crippen LogP contribution in [0.3, 0.4) is 0 Å². The van der Waals surface area contributed by atoms with Crippen LogP contribution in [0.15, 0.2) is 24.3 Å². The van der Waals surface area contributed by atoms with Crippen molar-refractivity contribution in [2.24, 2.45) is 47.3 Å². The van der Waals surface area contributed by atoms with Gasteiger partial charge in [-0.05, 0) is 176 Å². The molecule has 0 amide bonds. The molecule has 4 fully saturated rings. The number of rotatable bonds is 26. The van der Waals surface area contributed by atoms with Crippen LogP contribution in [-0.4, -0.2) is 180 Å². The molecule has 4 heterocycles. The molecule has 8 N–H and O–H groups in total. The SMILES string of the molecule is CCC(C(=O)C(C)C(O)C(C)CCc1ccc(C)c(O)c1C(=O)[O-])C1OC(CC)(C2CCC(O)(CC)C(C)O2)CC1C.CCC(C(=O)C(C)C(O)C(C)CCc1ccc(C)c(O)c1C(=O)[O-])C1OC(CC)(C2CCC(O)(CC)C(C)O2)CC1C.O.[Ba+2]. The van der Waals surface area contributed by atoms with E-state index in [0.29, 0.717) is 99.3 Å². The van der Waals surface area contributed by atoms with Crippen LogP contribution in [0.1, 0.15) is 230 Å². The number of ether oxygens (including phenoxy) is 4. The van der Waals surface area contributed by atoms with Gasteiger partial charge in [0.1, 0.15) is 23.1 Å². The summed E-state index contributed by atoms with van der Waals surface area (Å²) in [5.41, 5.74) is -1.32. The number of aromatic carboxylic acids is 2. The number of aromatic hydroxyl groups is 2. The van der Waals surface area contributed by atoms with Gasteiger partial charge in [0.15, 0.2) is 0 Å². The number of carboxylic acid groups (broad SMARTS) is 2. The van der Waals surface area contributed by atoms with Crippen LogP contribution in [0.2, 0.25) is 0 Å². The second-order valence-electron chi connectivity index (χ2n) is 26.4. The number of aliphatic hydroxyl groups is 4. The summed E-state index contributed by atoms with van der Waals surface area (Å²) < 4.78 is 26.5. The Hall–Kier alpha value is -2.47. The topological polar surface area (TPSA) is 304 Å². The first-order valence-corrected chi connectivity index (χ1v) is 31.9. The fraction of sp³-hybridized carbons (Fsp3) is 0.765. The molecule has 0 saturated carbocycles. The average Bonchev–Trinajstić information content (AvgIpc) is 2.12. The number of carbonyl (C=O) groups is 4. The number of phenols is 2. The molecule has 86 heavy (non-hydrogen) atoms. The fourth-order valence-corrected chi connectivity index (χ4v) is 14.9. The van der Waals surface area contributed by atoms with Gasteiger partial charge >= 0.3 is 48.9 Å². The third kappa shape index (κ3) is 16.8. The number of hydrogen-bond donors (Lipinski definition) is 6. The number of Topliss-reactive ketones (excluding diaryl/α,β-unsaturated/α-hetero) is 2. The van der Waals surface area contributed by atoms with E-state index < -0.39 is 58.4 Å². The molecule has 4 aliphatic rings. The largest absolute Gasteiger partial charge is 2.00 e. The minimum absolute atomic E-state index is 0. The van der Waals surface area contributed by atoms with E-state index in [1.807, 2.05) is 55.4 Å². The Morgan fingerprint density at radius 1 is 0.581 bits per heavy atom. The van der Waals surface area contributed by atoms with Gasteiger partial charge in [-0.15, -0.1) is 0 Å². The summed E-state index contributed by atoms with van der Waals surface area (Å²) >= 11 is 0. The van der Waals surface area contributed by atoms with Crippen LogP contribution in [0, 0.1) is 61.2 Å². The Bertz CT molecular complexity index is 2390. The fourth-order valence-electron chi connectivity index (χ4n) is 14.9. The molecule has 2 aromatic rings. The Morgan fingerprint density at radius 2 is 0.907 bits per heavy atom. The van der Waals surface area contributed by atoms with Crippen molar-refractivity contribution in [3.05, 3.63) is 57.6 Å². The van der Waals surface area contributed by atoms with Gasteiger partial charge in [0, 0.05) is 34.8 Å². The molecule has 484 valence electrons. The third-order valence-corrected chi connectivity index (χ3v) is 21.3. The number of ketones is 2. The van der Waals surface area contributed by atoms with E-state index in [1.165, 1.54) is 0 Å². The molecule has 4 saturated heterocycles. The molecule has 17 nitrogen and oxygen atoms in total. The van der Waals surface area contributed by atoms with Crippen molar-refractivity contribution < 1.29 is 84.5 Å². The Balaban J connectivity index is 0.000000440. The Morgan fingerprint density at radius 3 is 1.17 bits per heavy atom. The predicted octanol–water partition coefficient (Wildman–Crippen LogP) is 7.81.